The molecule has 0 amide bonds. The third kappa shape index (κ3) is 4.93. The van der Waals surface area contributed by atoms with E-state index in [9.17, 15) is 8.42 Å². The molecule has 5 nitrogen and oxygen atoms in total. The lowest BCUT2D eigenvalue weighted by atomic mass is 10.1. The van der Waals surface area contributed by atoms with E-state index < -0.39 is 10.2 Å². The van der Waals surface area contributed by atoms with Crippen LogP contribution in [-0.4, -0.2) is 56.9 Å². The first-order valence-corrected chi connectivity index (χ1v) is 9.04. The summed E-state index contributed by atoms with van der Waals surface area (Å²) in [6.45, 7) is 5.78. The first-order valence-electron chi connectivity index (χ1n) is 7.23. The van der Waals surface area contributed by atoms with Crippen molar-refractivity contribution in [1.29, 1.82) is 0 Å². The summed E-state index contributed by atoms with van der Waals surface area (Å²) in [6.07, 6.45) is 0.931. The second kappa shape index (κ2) is 7.56. The van der Waals surface area contributed by atoms with Gasteiger partial charge in [0.15, 0.2) is 0 Å². The maximum Gasteiger partial charge on any atom is 0.279 e. The number of benzene rings is 1. The van der Waals surface area contributed by atoms with Gasteiger partial charge in [0.1, 0.15) is 0 Å². The molecule has 1 fully saturated rings. The summed E-state index contributed by atoms with van der Waals surface area (Å²) in [4.78, 5) is 2.29. The van der Waals surface area contributed by atoms with Crippen LogP contribution in [0.15, 0.2) is 24.3 Å². The smallest absolute Gasteiger partial charge is 0.279 e. The van der Waals surface area contributed by atoms with Crippen molar-refractivity contribution in [3.8, 4) is 0 Å². The summed E-state index contributed by atoms with van der Waals surface area (Å²) >= 11 is 5.97. The molecule has 1 aliphatic heterocycles. The maximum absolute atomic E-state index is 11.9. The zero-order valence-electron chi connectivity index (χ0n) is 12.3. The second-order valence-electron chi connectivity index (χ2n) is 5.12. The highest BCUT2D eigenvalue weighted by Crippen LogP contribution is 2.12. The molecule has 0 saturated carbocycles. The lowest BCUT2D eigenvalue weighted by Crippen LogP contribution is -2.52. The van der Waals surface area contributed by atoms with Crippen molar-refractivity contribution < 1.29 is 8.42 Å². The van der Waals surface area contributed by atoms with Crippen LogP contribution >= 0.6 is 11.6 Å². The molecule has 1 saturated heterocycles. The Labute approximate surface area is 132 Å². The summed E-state index contributed by atoms with van der Waals surface area (Å²) in [5.41, 5.74) is 1.21. The molecule has 0 radical (unpaired) electrons. The van der Waals surface area contributed by atoms with Gasteiger partial charge in [-0.2, -0.15) is 12.7 Å². The van der Waals surface area contributed by atoms with Crippen LogP contribution in [0.25, 0.3) is 0 Å². The fourth-order valence-corrected chi connectivity index (χ4v) is 3.85. The molecule has 2 rings (SSSR count). The van der Waals surface area contributed by atoms with Crippen molar-refractivity contribution in [2.24, 2.45) is 0 Å². The molecule has 1 aromatic rings. The van der Waals surface area contributed by atoms with E-state index in [-0.39, 0.29) is 0 Å². The largest absolute Gasteiger partial charge is 0.300 e. The predicted molar refractivity (Wildman–Crippen MR) is 85.8 cm³/mol. The zero-order valence-corrected chi connectivity index (χ0v) is 13.8. The van der Waals surface area contributed by atoms with Crippen molar-refractivity contribution in [1.82, 2.24) is 13.9 Å². The Balaban J connectivity index is 1.79. The van der Waals surface area contributed by atoms with E-state index in [1.54, 1.807) is 6.92 Å². The zero-order chi connectivity index (χ0) is 15.3. The minimum absolute atomic E-state index is 0.428. The highest BCUT2D eigenvalue weighted by molar-refractivity contribution is 7.87. The summed E-state index contributed by atoms with van der Waals surface area (Å²) in [7, 11) is -3.29. The Morgan fingerprint density at radius 2 is 1.95 bits per heavy atom. The van der Waals surface area contributed by atoms with Gasteiger partial charge in [0.05, 0.1) is 0 Å². The van der Waals surface area contributed by atoms with Gasteiger partial charge in [-0.25, -0.2) is 4.72 Å². The van der Waals surface area contributed by atoms with Crippen LogP contribution in [0.2, 0.25) is 5.02 Å². The minimum Gasteiger partial charge on any atom is -0.300 e. The van der Waals surface area contributed by atoms with Crippen LogP contribution in [0.5, 0.6) is 0 Å². The van der Waals surface area contributed by atoms with Crippen LogP contribution in [0.3, 0.4) is 0 Å². The quantitative estimate of drug-likeness (QED) is 0.856. The second-order valence-corrected chi connectivity index (χ2v) is 7.32. The van der Waals surface area contributed by atoms with Crippen molar-refractivity contribution >= 4 is 21.8 Å². The third-order valence-corrected chi connectivity index (χ3v) is 5.54. The molecule has 1 heterocycles. The van der Waals surface area contributed by atoms with Gasteiger partial charge in [-0.1, -0.05) is 30.7 Å². The summed E-state index contributed by atoms with van der Waals surface area (Å²) in [5.74, 6) is 0. The lowest BCUT2D eigenvalue weighted by molar-refractivity contribution is 0.189. The Morgan fingerprint density at radius 3 is 2.57 bits per heavy atom. The molecule has 1 aliphatic rings. The van der Waals surface area contributed by atoms with Crippen molar-refractivity contribution in [2.45, 2.75) is 13.3 Å². The van der Waals surface area contributed by atoms with E-state index in [0.29, 0.717) is 19.6 Å². The van der Waals surface area contributed by atoms with E-state index in [1.807, 2.05) is 18.2 Å². The Bertz CT molecular complexity index is 557. The number of piperazine rings is 1. The average Bonchev–Trinajstić information content (AvgIpc) is 2.46. The molecule has 0 aromatic heterocycles. The topological polar surface area (TPSA) is 52.7 Å². The maximum atomic E-state index is 11.9. The Hall–Kier alpha value is -0.660. The molecule has 0 bridgehead atoms. The normalized spacial score (nSPS) is 18.0. The molecule has 1 aromatic carbocycles. The molecule has 0 unspecified atom stereocenters. The number of nitrogens with zero attached hydrogens (tertiary/aromatic N) is 2. The molecule has 0 aliphatic carbocycles. The first-order chi connectivity index (χ1) is 10.0. The van der Waals surface area contributed by atoms with Crippen molar-refractivity contribution in [3.63, 3.8) is 0 Å². The summed E-state index contributed by atoms with van der Waals surface area (Å²) in [6, 6.07) is 7.87. The van der Waals surface area contributed by atoms with Gasteiger partial charge in [-0.15, -0.1) is 0 Å². The third-order valence-electron chi connectivity index (χ3n) is 3.60. The monoisotopic (exact) mass is 331 g/mol. The lowest BCUT2D eigenvalue weighted by Gasteiger charge is -2.33. The number of halogens is 1. The molecular weight excluding hydrogens is 310 g/mol. The van der Waals surface area contributed by atoms with E-state index in [2.05, 4.69) is 15.7 Å². The van der Waals surface area contributed by atoms with Crippen LogP contribution in [-0.2, 0) is 16.6 Å². The molecule has 0 spiro atoms. The molecule has 118 valence electrons. The van der Waals surface area contributed by atoms with E-state index in [0.717, 1.165) is 31.1 Å². The van der Waals surface area contributed by atoms with Gasteiger partial charge in [0.2, 0.25) is 0 Å². The fourth-order valence-electron chi connectivity index (χ4n) is 2.45. The molecule has 1 N–H and O–H groups in total. The van der Waals surface area contributed by atoms with E-state index >= 15 is 0 Å². The Morgan fingerprint density at radius 1 is 1.24 bits per heavy atom. The average molecular weight is 332 g/mol. The molecular formula is C14H22ClN3O2S. The SMILES string of the molecule is CCNS(=O)(=O)N1CCN(CCc2cccc(Cl)c2)CC1. The summed E-state index contributed by atoms with van der Waals surface area (Å²) in [5, 5.41) is 0.758. The number of rotatable bonds is 6. The number of hydrogen-bond acceptors (Lipinski definition) is 3. The Kier molecular flexibility index (Phi) is 6.01. The standard InChI is InChI=1S/C14H22ClN3O2S/c1-2-16-21(19,20)18-10-8-17(9-11-18)7-6-13-4-3-5-14(15)12-13/h3-5,12,16H,2,6-11H2,1H3. The molecule has 21 heavy (non-hydrogen) atoms. The first kappa shape index (κ1) is 16.7. The van der Waals surface area contributed by atoms with Crippen molar-refractivity contribution in [3.05, 3.63) is 34.9 Å². The van der Waals surface area contributed by atoms with Gasteiger partial charge in [0.25, 0.3) is 10.2 Å². The molecule has 7 heteroatoms. The van der Waals surface area contributed by atoms with Gasteiger partial charge < -0.3 is 4.90 Å². The summed E-state index contributed by atoms with van der Waals surface area (Å²) < 4.78 is 27.8. The van der Waals surface area contributed by atoms with Crippen LogP contribution < -0.4 is 4.72 Å². The predicted octanol–water partition coefficient (Wildman–Crippen LogP) is 1.35. The van der Waals surface area contributed by atoms with Crippen molar-refractivity contribution in [2.75, 3.05) is 39.3 Å². The number of hydrogen-bond donors (Lipinski definition) is 1. The van der Waals surface area contributed by atoms with E-state index in [1.165, 1.54) is 9.87 Å². The molecule has 0 atom stereocenters. The van der Waals surface area contributed by atoms with Gasteiger partial charge >= 0.3 is 0 Å². The highest BCUT2D eigenvalue weighted by Gasteiger charge is 2.25. The van der Waals surface area contributed by atoms with Crippen LogP contribution in [0.1, 0.15) is 12.5 Å². The minimum atomic E-state index is -3.29. The van der Waals surface area contributed by atoms with Crippen LogP contribution in [0, 0.1) is 0 Å². The fraction of sp³-hybridized carbons (Fsp3) is 0.571. The number of nitrogens with one attached hydrogen (secondary N) is 1. The van der Waals surface area contributed by atoms with Gasteiger partial charge in [-0.3, -0.25) is 0 Å². The van der Waals surface area contributed by atoms with Crippen LogP contribution in [0.4, 0.5) is 0 Å². The van der Waals surface area contributed by atoms with E-state index in [4.69, 9.17) is 11.6 Å². The van der Waals surface area contributed by atoms with Gasteiger partial charge in [0, 0.05) is 44.3 Å². The van der Waals surface area contributed by atoms with Gasteiger partial charge in [-0.05, 0) is 24.1 Å². The highest BCUT2D eigenvalue weighted by atomic mass is 35.5.